The Morgan fingerprint density at radius 1 is 1.07 bits per heavy atom. The third-order valence-electron chi connectivity index (χ3n) is 5.21. The lowest BCUT2D eigenvalue weighted by atomic mass is 10.1. The molecule has 2 aromatic rings. The summed E-state index contributed by atoms with van der Waals surface area (Å²) >= 11 is 0. The van der Waals surface area contributed by atoms with Crippen LogP contribution in [0.15, 0.2) is 47.4 Å². The molecular weight excluding hydrogens is 379 g/mol. The second kappa shape index (κ2) is 8.41. The smallest absolute Gasteiger partial charge is 0.243 e. The number of carbonyl (C=O) groups is 1. The second-order valence-electron chi connectivity index (χ2n) is 7.30. The Morgan fingerprint density at radius 3 is 2.32 bits per heavy atom. The lowest BCUT2D eigenvalue weighted by Gasteiger charge is -2.31. The van der Waals surface area contributed by atoms with Crippen LogP contribution in [0.1, 0.15) is 29.5 Å². The van der Waals surface area contributed by atoms with Crippen LogP contribution in [0.3, 0.4) is 0 Å². The SMILES string of the molecule is Cc1ccc(S(=O)(=O)N2CCC(NC(=O)Cc3ccc(F)cc3)CC2)cc1C. The summed E-state index contributed by atoms with van der Waals surface area (Å²) in [6.07, 6.45) is 1.32. The third-order valence-corrected chi connectivity index (χ3v) is 7.11. The maximum absolute atomic E-state index is 12.9. The number of nitrogens with one attached hydrogen (secondary N) is 1. The lowest BCUT2D eigenvalue weighted by Crippen LogP contribution is -2.46. The van der Waals surface area contributed by atoms with Gasteiger partial charge >= 0.3 is 0 Å². The van der Waals surface area contributed by atoms with Gasteiger partial charge in [0.15, 0.2) is 0 Å². The van der Waals surface area contributed by atoms with Gasteiger partial charge in [-0.05, 0) is 67.6 Å². The molecule has 1 saturated heterocycles. The average Bonchev–Trinajstić information content (AvgIpc) is 2.66. The summed E-state index contributed by atoms with van der Waals surface area (Å²) in [5, 5.41) is 2.96. The number of benzene rings is 2. The molecule has 5 nitrogen and oxygen atoms in total. The van der Waals surface area contributed by atoms with E-state index in [1.165, 1.54) is 16.4 Å². The van der Waals surface area contributed by atoms with Crippen LogP contribution in [-0.2, 0) is 21.2 Å². The first-order chi connectivity index (χ1) is 13.3. The minimum atomic E-state index is -3.52. The Hall–Kier alpha value is -2.25. The minimum Gasteiger partial charge on any atom is -0.353 e. The first-order valence-corrected chi connectivity index (χ1v) is 10.8. The lowest BCUT2D eigenvalue weighted by molar-refractivity contribution is -0.121. The van der Waals surface area contributed by atoms with Crippen molar-refractivity contribution in [3.63, 3.8) is 0 Å². The molecule has 0 aliphatic carbocycles. The number of amides is 1. The topological polar surface area (TPSA) is 66.5 Å². The van der Waals surface area contributed by atoms with Gasteiger partial charge in [-0.1, -0.05) is 18.2 Å². The molecule has 150 valence electrons. The molecule has 1 N–H and O–H groups in total. The molecule has 1 aliphatic heterocycles. The van der Waals surface area contributed by atoms with Crippen LogP contribution in [0.4, 0.5) is 4.39 Å². The Kier molecular flexibility index (Phi) is 6.15. The zero-order valence-electron chi connectivity index (χ0n) is 16.1. The van der Waals surface area contributed by atoms with Crippen molar-refractivity contribution in [3.8, 4) is 0 Å². The van der Waals surface area contributed by atoms with Gasteiger partial charge in [-0.25, -0.2) is 12.8 Å². The summed E-state index contributed by atoms with van der Waals surface area (Å²) in [6, 6.07) is 11.0. The van der Waals surface area contributed by atoms with E-state index in [0.717, 1.165) is 16.7 Å². The van der Waals surface area contributed by atoms with Crippen LogP contribution < -0.4 is 5.32 Å². The normalized spacial score (nSPS) is 16.1. The van der Waals surface area contributed by atoms with Gasteiger partial charge in [0.05, 0.1) is 11.3 Å². The minimum absolute atomic E-state index is 0.0563. The molecule has 1 fully saturated rings. The van der Waals surface area contributed by atoms with E-state index < -0.39 is 10.0 Å². The number of halogens is 1. The van der Waals surface area contributed by atoms with Crippen LogP contribution in [0.25, 0.3) is 0 Å². The Labute approximate surface area is 165 Å². The average molecular weight is 405 g/mol. The highest BCUT2D eigenvalue weighted by molar-refractivity contribution is 7.89. The number of piperidine rings is 1. The monoisotopic (exact) mass is 404 g/mol. The van der Waals surface area contributed by atoms with Crippen LogP contribution >= 0.6 is 0 Å². The molecule has 7 heteroatoms. The van der Waals surface area contributed by atoms with Gasteiger partial charge in [0.2, 0.25) is 15.9 Å². The summed E-state index contributed by atoms with van der Waals surface area (Å²) < 4.78 is 40.1. The Bertz CT molecular complexity index is 950. The predicted octanol–water partition coefficient (Wildman–Crippen LogP) is 2.95. The number of nitrogens with zero attached hydrogens (tertiary/aromatic N) is 1. The number of rotatable bonds is 5. The van der Waals surface area contributed by atoms with Gasteiger partial charge in [-0.15, -0.1) is 0 Å². The molecule has 0 unspecified atom stereocenters. The summed E-state index contributed by atoms with van der Waals surface area (Å²) in [4.78, 5) is 12.5. The van der Waals surface area contributed by atoms with Gasteiger partial charge in [0, 0.05) is 19.1 Å². The first-order valence-electron chi connectivity index (χ1n) is 9.37. The summed E-state index contributed by atoms with van der Waals surface area (Å²) in [6.45, 7) is 4.59. The van der Waals surface area contributed by atoms with Crippen molar-refractivity contribution >= 4 is 15.9 Å². The van der Waals surface area contributed by atoms with Crippen molar-refractivity contribution in [1.82, 2.24) is 9.62 Å². The molecule has 0 radical (unpaired) electrons. The van der Waals surface area contributed by atoms with Crippen LogP contribution in [0.2, 0.25) is 0 Å². The largest absolute Gasteiger partial charge is 0.353 e. The molecular formula is C21H25FN2O3S. The van der Waals surface area contributed by atoms with Gasteiger partial charge in [-0.3, -0.25) is 4.79 Å². The Balaban J connectivity index is 1.55. The predicted molar refractivity (Wildman–Crippen MR) is 106 cm³/mol. The quantitative estimate of drug-likeness (QED) is 0.833. The maximum Gasteiger partial charge on any atom is 0.243 e. The van der Waals surface area contributed by atoms with Crippen molar-refractivity contribution in [2.24, 2.45) is 0 Å². The van der Waals surface area contributed by atoms with Gasteiger partial charge in [0.25, 0.3) is 0 Å². The Morgan fingerprint density at radius 2 is 1.71 bits per heavy atom. The summed E-state index contributed by atoms with van der Waals surface area (Å²) in [5.41, 5.74) is 2.75. The molecule has 1 heterocycles. The van der Waals surface area contributed by atoms with E-state index in [0.29, 0.717) is 30.8 Å². The molecule has 1 aliphatic rings. The number of aryl methyl sites for hydroxylation is 2. The maximum atomic E-state index is 12.9. The third kappa shape index (κ3) is 4.77. The zero-order valence-corrected chi connectivity index (χ0v) is 16.9. The standard InChI is InChI=1S/C21H25FN2O3S/c1-15-3-8-20(13-16(15)2)28(26,27)24-11-9-19(10-12-24)23-21(25)14-17-4-6-18(22)7-5-17/h3-8,13,19H,9-12,14H2,1-2H3,(H,23,25). The fourth-order valence-corrected chi connectivity index (χ4v) is 4.89. The van der Waals surface area contributed by atoms with Crippen LogP contribution in [-0.4, -0.2) is 37.8 Å². The van der Waals surface area contributed by atoms with E-state index in [-0.39, 0.29) is 24.2 Å². The first kappa shape index (κ1) is 20.5. The van der Waals surface area contributed by atoms with E-state index in [1.54, 1.807) is 24.3 Å². The van der Waals surface area contributed by atoms with E-state index in [2.05, 4.69) is 5.32 Å². The highest BCUT2D eigenvalue weighted by Gasteiger charge is 2.30. The van der Waals surface area contributed by atoms with Crippen molar-refractivity contribution in [1.29, 1.82) is 0 Å². The number of carbonyl (C=O) groups excluding carboxylic acids is 1. The molecule has 0 aromatic heterocycles. The van der Waals surface area contributed by atoms with E-state index in [1.807, 2.05) is 19.9 Å². The van der Waals surface area contributed by atoms with Crippen molar-refractivity contribution in [2.45, 2.75) is 44.0 Å². The highest BCUT2D eigenvalue weighted by Crippen LogP contribution is 2.22. The number of hydrogen-bond donors (Lipinski definition) is 1. The molecule has 0 bridgehead atoms. The molecule has 2 aromatic carbocycles. The summed E-state index contributed by atoms with van der Waals surface area (Å²) in [7, 11) is -3.52. The molecule has 3 rings (SSSR count). The molecule has 0 atom stereocenters. The van der Waals surface area contributed by atoms with Gasteiger partial charge in [-0.2, -0.15) is 4.31 Å². The fraction of sp³-hybridized carbons (Fsp3) is 0.381. The van der Waals surface area contributed by atoms with Crippen molar-refractivity contribution in [2.75, 3.05) is 13.1 Å². The van der Waals surface area contributed by atoms with Gasteiger partial charge in [0.1, 0.15) is 5.82 Å². The van der Waals surface area contributed by atoms with Crippen molar-refractivity contribution in [3.05, 3.63) is 65.0 Å². The van der Waals surface area contributed by atoms with Crippen molar-refractivity contribution < 1.29 is 17.6 Å². The van der Waals surface area contributed by atoms with Gasteiger partial charge < -0.3 is 5.32 Å². The molecule has 1 amide bonds. The number of sulfonamides is 1. The fourth-order valence-electron chi connectivity index (χ4n) is 3.33. The van der Waals surface area contributed by atoms with E-state index in [4.69, 9.17) is 0 Å². The van der Waals surface area contributed by atoms with Crippen LogP contribution in [0.5, 0.6) is 0 Å². The molecule has 0 saturated carbocycles. The molecule has 28 heavy (non-hydrogen) atoms. The van der Waals surface area contributed by atoms with E-state index >= 15 is 0 Å². The van der Waals surface area contributed by atoms with Crippen LogP contribution in [0, 0.1) is 19.7 Å². The van der Waals surface area contributed by atoms with E-state index in [9.17, 15) is 17.6 Å². The molecule has 0 spiro atoms. The zero-order chi connectivity index (χ0) is 20.3. The summed E-state index contributed by atoms with van der Waals surface area (Å²) in [5.74, 6) is -0.469. The second-order valence-corrected chi connectivity index (χ2v) is 9.23. The highest BCUT2D eigenvalue weighted by atomic mass is 32.2. The number of hydrogen-bond acceptors (Lipinski definition) is 3.